The minimum absolute atomic E-state index is 0.00283. The molecule has 0 N–H and O–H groups in total. The lowest BCUT2D eigenvalue weighted by atomic mass is 10.1. The molecule has 0 aromatic heterocycles. The van der Waals surface area contributed by atoms with Crippen LogP contribution in [-0.2, 0) is 20.0 Å². The zero-order valence-electron chi connectivity index (χ0n) is 16.9. The highest BCUT2D eigenvalue weighted by atomic mass is 32.2. The molecule has 11 heteroatoms. The van der Waals surface area contributed by atoms with E-state index in [9.17, 15) is 26.9 Å². The van der Waals surface area contributed by atoms with Crippen molar-refractivity contribution in [2.45, 2.75) is 30.6 Å². The van der Waals surface area contributed by atoms with Crippen molar-refractivity contribution in [2.24, 2.45) is 0 Å². The molecule has 0 bridgehead atoms. The number of nitro benzene ring substituents is 1. The molecule has 2 aromatic rings. The summed E-state index contributed by atoms with van der Waals surface area (Å²) in [4.78, 5) is 10.3. The highest BCUT2D eigenvalue weighted by molar-refractivity contribution is 7.89. The fourth-order valence-electron chi connectivity index (χ4n) is 3.41. The molecule has 162 valence electrons. The van der Waals surface area contributed by atoms with Crippen molar-refractivity contribution in [3.05, 3.63) is 63.2 Å². The first kappa shape index (κ1) is 22.3. The Hall–Kier alpha value is -2.34. The number of sulfonamides is 2. The van der Waals surface area contributed by atoms with Gasteiger partial charge in [0.25, 0.3) is 5.69 Å². The predicted molar refractivity (Wildman–Crippen MR) is 111 cm³/mol. The van der Waals surface area contributed by atoms with Crippen LogP contribution in [-0.4, -0.2) is 56.5 Å². The number of nitrogens with zero attached hydrogens (tertiary/aromatic N) is 3. The summed E-state index contributed by atoms with van der Waals surface area (Å²) < 4.78 is 54.4. The lowest BCUT2D eigenvalue weighted by molar-refractivity contribution is -0.385. The van der Waals surface area contributed by atoms with Crippen LogP contribution >= 0.6 is 0 Å². The molecule has 0 spiro atoms. The van der Waals surface area contributed by atoms with Gasteiger partial charge in [-0.2, -0.15) is 8.61 Å². The second kappa shape index (κ2) is 8.06. The molecule has 0 unspecified atom stereocenters. The highest BCUT2D eigenvalue weighted by Gasteiger charge is 2.35. The first-order valence-electron chi connectivity index (χ1n) is 9.28. The van der Waals surface area contributed by atoms with E-state index in [1.165, 1.54) is 22.5 Å². The van der Waals surface area contributed by atoms with Crippen LogP contribution in [0.3, 0.4) is 0 Å². The summed E-state index contributed by atoms with van der Waals surface area (Å²) in [6, 6.07) is 8.18. The van der Waals surface area contributed by atoms with Gasteiger partial charge < -0.3 is 0 Å². The maximum atomic E-state index is 13.1. The van der Waals surface area contributed by atoms with E-state index in [2.05, 4.69) is 0 Å². The Morgan fingerprint density at radius 3 is 1.97 bits per heavy atom. The van der Waals surface area contributed by atoms with Crippen LogP contribution in [0.2, 0.25) is 0 Å². The summed E-state index contributed by atoms with van der Waals surface area (Å²) >= 11 is 0. The molecule has 2 aromatic carbocycles. The van der Waals surface area contributed by atoms with Gasteiger partial charge in [0, 0.05) is 38.3 Å². The van der Waals surface area contributed by atoms with Crippen LogP contribution in [0.5, 0.6) is 0 Å². The lowest BCUT2D eigenvalue weighted by Gasteiger charge is -2.33. The number of aryl methyl sites for hydroxylation is 1. The van der Waals surface area contributed by atoms with Crippen molar-refractivity contribution in [3.8, 4) is 0 Å². The fourth-order valence-corrected chi connectivity index (χ4v) is 6.57. The average Bonchev–Trinajstić information content (AvgIpc) is 2.72. The number of hydrogen-bond acceptors (Lipinski definition) is 6. The second-order valence-electron chi connectivity index (χ2n) is 7.19. The van der Waals surface area contributed by atoms with Crippen LogP contribution in [0, 0.1) is 30.9 Å². The largest absolute Gasteiger partial charge is 0.270 e. The van der Waals surface area contributed by atoms with Gasteiger partial charge in [-0.1, -0.05) is 12.1 Å². The van der Waals surface area contributed by atoms with Crippen molar-refractivity contribution in [1.29, 1.82) is 0 Å². The van der Waals surface area contributed by atoms with E-state index in [0.29, 0.717) is 5.56 Å². The Morgan fingerprint density at radius 1 is 0.833 bits per heavy atom. The minimum Gasteiger partial charge on any atom is -0.258 e. The average molecular weight is 454 g/mol. The summed E-state index contributed by atoms with van der Waals surface area (Å²) in [6.45, 7) is 5.48. The summed E-state index contributed by atoms with van der Waals surface area (Å²) in [5.74, 6) is 0. The van der Waals surface area contributed by atoms with Gasteiger partial charge in [0.1, 0.15) is 0 Å². The maximum absolute atomic E-state index is 13.1. The Morgan fingerprint density at radius 2 is 1.40 bits per heavy atom. The van der Waals surface area contributed by atoms with Crippen LogP contribution in [0.25, 0.3) is 0 Å². The van der Waals surface area contributed by atoms with E-state index in [0.717, 1.165) is 21.5 Å². The zero-order chi connectivity index (χ0) is 22.3. The molecule has 30 heavy (non-hydrogen) atoms. The third-order valence-corrected chi connectivity index (χ3v) is 9.43. The van der Waals surface area contributed by atoms with Gasteiger partial charge in [0.15, 0.2) is 0 Å². The van der Waals surface area contributed by atoms with Gasteiger partial charge in [-0.05, 0) is 49.6 Å². The van der Waals surface area contributed by atoms with Gasteiger partial charge in [-0.25, -0.2) is 16.8 Å². The highest BCUT2D eigenvalue weighted by Crippen LogP contribution is 2.27. The molecule has 1 aliphatic rings. The fraction of sp³-hybridized carbons (Fsp3) is 0.368. The van der Waals surface area contributed by atoms with Gasteiger partial charge in [-0.3, -0.25) is 10.1 Å². The third kappa shape index (κ3) is 3.97. The number of piperazine rings is 1. The van der Waals surface area contributed by atoms with E-state index >= 15 is 0 Å². The Kier molecular flexibility index (Phi) is 6.01. The van der Waals surface area contributed by atoms with Crippen LogP contribution in [0.1, 0.15) is 16.7 Å². The first-order chi connectivity index (χ1) is 14.0. The minimum atomic E-state index is -3.96. The maximum Gasteiger partial charge on any atom is 0.270 e. The molecule has 1 heterocycles. The Balaban J connectivity index is 1.81. The summed E-state index contributed by atoms with van der Waals surface area (Å²) in [7, 11) is -7.73. The molecule has 0 radical (unpaired) electrons. The number of nitro groups is 1. The molecule has 0 aliphatic carbocycles. The van der Waals surface area contributed by atoms with Crippen molar-refractivity contribution >= 4 is 25.7 Å². The van der Waals surface area contributed by atoms with Crippen molar-refractivity contribution < 1.29 is 21.8 Å². The monoisotopic (exact) mass is 453 g/mol. The number of non-ortho nitro benzene ring substituents is 1. The summed E-state index contributed by atoms with van der Waals surface area (Å²) in [5.41, 5.74) is 2.27. The Bertz CT molecular complexity index is 1200. The number of hydrogen-bond donors (Lipinski definition) is 0. The molecule has 9 nitrogen and oxygen atoms in total. The smallest absolute Gasteiger partial charge is 0.258 e. The standard InChI is InChI=1S/C19H23N3O6S2/c1-14-7-8-19(16(3)15(14)2)30(27,28)21-11-9-20(10-12-21)29(25,26)18-6-4-5-17(13-18)22(23)24/h4-8,13H,9-12H2,1-3H3. The van der Waals surface area contributed by atoms with Crippen LogP contribution in [0.4, 0.5) is 5.69 Å². The second-order valence-corrected chi connectivity index (χ2v) is 11.0. The van der Waals surface area contributed by atoms with Crippen molar-refractivity contribution in [1.82, 2.24) is 8.61 Å². The molecule has 1 aliphatic heterocycles. The molecule has 0 saturated carbocycles. The molecular formula is C19H23N3O6S2. The summed E-state index contributed by atoms with van der Waals surface area (Å²) in [6.07, 6.45) is 0. The lowest BCUT2D eigenvalue weighted by Crippen LogP contribution is -2.50. The van der Waals surface area contributed by atoms with E-state index in [1.54, 1.807) is 19.1 Å². The predicted octanol–water partition coefficient (Wildman–Crippen LogP) is 2.22. The van der Waals surface area contributed by atoms with Gasteiger partial charge in [0.05, 0.1) is 14.7 Å². The van der Waals surface area contributed by atoms with Crippen molar-refractivity contribution in [2.75, 3.05) is 26.2 Å². The van der Waals surface area contributed by atoms with Crippen LogP contribution in [0.15, 0.2) is 46.2 Å². The van der Waals surface area contributed by atoms with Gasteiger partial charge >= 0.3 is 0 Å². The number of benzene rings is 2. The van der Waals surface area contributed by atoms with Crippen LogP contribution < -0.4 is 0 Å². The van der Waals surface area contributed by atoms with E-state index in [-0.39, 0.29) is 41.7 Å². The van der Waals surface area contributed by atoms with Gasteiger partial charge in [0.2, 0.25) is 20.0 Å². The normalized spacial score (nSPS) is 16.5. The molecule has 0 atom stereocenters. The third-order valence-electron chi connectivity index (χ3n) is 5.49. The van der Waals surface area contributed by atoms with Gasteiger partial charge in [-0.15, -0.1) is 0 Å². The number of rotatable bonds is 5. The van der Waals surface area contributed by atoms with E-state index in [1.807, 2.05) is 13.8 Å². The van der Waals surface area contributed by atoms with Crippen molar-refractivity contribution in [3.63, 3.8) is 0 Å². The molecular weight excluding hydrogens is 430 g/mol. The summed E-state index contributed by atoms with van der Waals surface area (Å²) in [5, 5.41) is 10.9. The quantitative estimate of drug-likeness (QED) is 0.506. The molecule has 0 amide bonds. The molecule has 3 rings (SSSR count). The molecule has 1 saturated heterocycles. The zero-order valence-corrected chi connectivity index (χ0v) is 18.5. The SMILES string of the molecule is Cc1ccc(S(=O)(=O)N2CCN(S(=O)(=O)c3cccc([N+](=O)[O-])c3)CC2)c(C)c1C. The Labute approximate surface area is 176 Å². The molecule has 1 fully saturated rings. The van der Waals surface area contributed by atoms with E-state index in [4.69, 9.17) is 0 Å². The van der Waals surface area contributed by atoms with E-state index < -0.39 is 25.0 Å². The first-order valence-corrected chi connectivity index (χ1v) is 12.2. The topological polar surface area (TPSA) is 118 Å².